The zero-order valence-electron chi connectivity index (χ0n) is 18.3. The largest absolute Gasteiger partial charge is 0.431 e. The number of carbonyl (C=O) groups is 2. The first-order chi connectivity index (χ1) is 15.3. The van der Waals surface area contributed by atoms with E-state index in [9.17, 15) is 35.6 Å². The maximum Gasteiger partial charge on any atom is 0.431 e. The van der Waals surface area contributed by atoms with Gasteiger partial charge in [0, 0.05) is 12.5 Å². The first kappa shape index (κ1) is 26.3. The summed E-state index contributed by atoms with van der Waals surface area (Å²) in [5, 5.41) is -3.32. The molecule has 1 heterocycles. The van der Waals surface area contributed by atoms with Crippen LogP contribution < -0.4 is 5.32 Å². The van der Waals surface area contributed by atoms with Gasteiger partial charge in [-0.2, -0.15) is 26.0 Å². The smallest absolute Gasteiger partial charge is 0.357 e. The lowest BCUT2D eigenvalue weighted by Gasteiger charge is -2.32. The zero-order chi connectivity index (χ0) is 24.4. The molecule has 1 amide bonds. The van der Waals surface area contributed by atoms with Crippen LogP contribution in [0.3, 0.4) is 0 Å². The molecule has 0 aromatic heterocycles. The SMILES string of the molecule is O=C(CC1CCCCC1)C1CC(C(F)(F)C(F)(F)S(=O)(=O)O)C(C(=O)NC2CCCCC2)O1. The van der Waals surface area contributed by atoms with E-state index in [4.69, 9.17) is 9.29 Å². The van der Waals surface area contributed by atoms with Crippen molar-refractivity contribution in [2.75, 3.05) is 0 Å². The molecule has 0 spiro atoms. The van der Waals surface area contributed by atoms with Crippen molar-refractivity contribution in [3.05, 3.63) is 0 Å². The third-order valence-corrected chi connectivity index (χ3v) is 8.03. The Morgan fingerprint density at radius 2 is 1.48 bits per heavy atom. The second kappa shape index (κ2) is 10.2. The fourth-order valence-electron chi connectivity index (χ4n) is 5.20. The molecule has 2 aliphatic carbocycles. The molecule has 3 rings (SSSR count). The molecule has 0 aromatic carbocycles. The predicted molar refractivity (Wildman–Crippen MR) is 109 cm³/mol. The van der Waals surface area contributed by atoms with Crippen LogP contribution in [0.4, 0.5) is 17.6 Å². The molecule has 3 unspecified atom stereocenters. The number of halogens is 4. The number of carbonyl (C=O) groups excluding carboxylic acids is 2. The number of nitrogens with one attached hydrogen (secondary N) is 1. The molecule has 3 atom stereocenters. The summed E-state index contributed by atoms with van der Waals surface area (Å²) in [5.74, 6) is -9.55. The molecule has 2 N–H and O–H groups in total. The van der Waals surface area contributed by atoms with Crippen molar-refractivity contribution in [2.24, 2.45) is 11.8 Å². The van der Waals surface area contributed by atoms with Crippen molar-refractivity contribution in [3.8, 4) is 0 Å². The van der Waals surface area contributed by atoms with E-state index in [0.717, 1.165) is 51.4 Å². The Morgan fingerprint density at radius 3 is 2.03 bits per heavy atom. The molecule has 190 valence electrons. The molecule has 33 heavy (non-hydrogen) atoms. The number of rotatable bonds is 8. The quantitative estimate of drug-likeness (QED) is 0.386. The minimum absolute atomic E-state index is 0.0224. The standard InChI is InChI=1S/C21H31F4NO6S/c22-20(23,21(24,25)33(29,30)31)15-12-17(16(27)11-13-7-3-1-4-8-13)32-18(15)19(28)26-14-9-5-2-6-10-14/h13-15,17-18H,1-12H2,(H,26,28)(H,29,30,31). The first-order valence-corrected chi connectivity index (χ1v) is 13.0. The summed E-state index contributed by atoms with van der Waals surface area (Å²) in [6, 6.07) is -0.344. The van der Waals surface area contributed by atoms with Gasteiger partial charge in [-0.15, -0.1) is 0 Å². The monoisotopic (exact) mass is 501 g/mol. The van der Waals surface area contributed by atoms with E-state index in [1.54, 1.807) is 0 Å². The Balaban J connectivity index is 1.81. The summed E-state index contributed by atoms with van der Waals surface area (Å²) in [5.41, 5.74) is 0. The van der Waals surface area contributed by atoms with Crippen LogP contribution >= 0.6 is 0 Å². The van der Waals surface area contributed by atoms with Crippen molar-refractivity contribution in [3.63, 3.8) is 0 Å². The van der Waals surface area contributed by atoms with Crippen LogP contribution in [0.2, 0.25) is 0 Å². The lowest BCUT2D eigenvalue weighted by molar-refractivity contribution is -0.203. The Morgan fingerprint density at radius 1 is 0.939 bits per heavy atom. The van der Waals surface area contributed by atoms with E-state index in [2.05, 4.69) is 5.32 Å². The summed E-state index contributed by atoms with van der Waals surface area (Å²) in [6.07, 6.45) is 3.61. The number of alkyl halides is 4. The van der Waals surface area contributed by atoms with E-state index in [0.29, 0.717) is 12.8 Å². The van der Waals surface area contributed by atoms with Gasteiger partial charge in [0.15, 0.2) is 5.78 Å². The van der Waals surface area contributed by atoms with Crippen LogP contribution in [0, 0.1) is 11.8 Å². The maximum absolute atomic E-state index is 14.8. The second-order valence-electron chi connectivity index (χ2n) is 9.52. The van der Waals surface area contributed by atoms with Crippen molar-refractivity contribution >= 4 is 21.8 Å². The van der Waals surface area contributed by atoms with Gasteiger partial charge in [0.1, 0.15) is 12.2 Å². The second-order valence-corrected chi connectivity index (χ2v) is 11.0. The number of Topliss-reactive ketones (excluding diaryl/α,β-unsaturated/α-hetero) is 1. The lowest BCUT2D eigenvalue weighted by atomic mass is 9.84. The topological polar surface area (TPSA) is 110 Å². The summed E-state index contributed by atoms with van der Waals surface area (Å²) in [4.78, 5) is 25.5. The maximum atomic E-state index is 14.8. The van der Waals surface area contributed by atoms with Gasteiger partial charge in [0.25, 0.3) is 0 Å². The van der Waals surface area contributed by atoms with Gasteiger partial charge < -0.3 is 10.1 Å². The fraction of sp³-hybridized carbons (Fsp3) is 0.905. The van der Waals surface area contributed by atoms with Crippen LogP contribution in [0.15, 0.2) is 0 Å². The van der Waals surface area contributed by atoms with Crippen molar-refractivity contribution in [2.45, 2.75) is 106 Å². The molecule has 7 nitrogen and oxygen atoms in total. The number of amides is 1. The normalized spacial score (nSPS) is 28.6. The average molecular weight is 502 g/mol. The van der Waals surface area contributed by atoms with Gasteiger partial charge in [-0.05, 0) is 25.2 Å². The summed E-state index contributed by atoms with van der Waals surface area (Å²) in [6.45, 7) is 0. The van der Waals surface area contributed by atoms with Gasteiger partial charge in [-0.1, -0.05) is 51.4 Å². The van der Waals surface area contributed by atoms with E-state index in [1.165, 1.54) is 0 Å². The third-order valence-electron chi connectivity index (χ3n) is 7.11. The van der Waals surface area contributed by atoms with Crippen LogP contribution in [0.1, 0.15) is 77.0 Å². The Bertz CT molecular complexity index is 825. The zero-order valence-corrected chi connectivity index (χ0v) is 19.1. The van der Waals surface area contributed by atoms with Crippen molar-refractivity contribution in [1.29, 1.82) is 0 Å². The molecule has 2 saturated carbocycles. The summed E-state index contributed by atoms with van der Waals surface area (Å²) >= 11 is 0. The lowest BCUT2D eigenvalue weighted by Crippen LogP contribution is -2.56. The molecule has 3 aliphatic rings. The highest BCUT2D eigenvalue weighted by atomic mass is 32.2. The average Bonchev–Trinajstić information content (AvgIpc) is 3.21. The molecule has 1 saturated heterocycles. The van der Waals surface area contributed by atoms with Gasteiger partial charge in [-0.25, -0.2) is 0 Å². The molecule has 0 radical (unpaired) electrons. The highest BCUT2D eigenvalue weighted by molar-refractivity contribution is 7.87. The highest BCUT2D eigenvalue weighted by Gasteiger charge is 2.72. The minimum Gasteiger partial charge on any atom is -0.357 e. The number of hydrogen-bond acceptors (Lipinski definition) is 5. The Hall–Kier alpha value is -1.27. The first-order valence-electron chi connectivity index (χ1n) is 11.6. The van der Waals surface area contributed by atoms with E-state index in [1.807, 2.05) is 0 Å². The van der Waals surface area contributed by atoms with E-state index in [-0.39, 0.29) is 18.4 Å². The van der Waals surface area contributed by atoms with Crippen molar-refractivity contribution < 1.29 is 44.9 Å². The van der Waals surface area contributed by atoms with Gasteiger partial charge >= 0.3 is 21.3 Å². The van der Waals surface area contributed by atoms with Crippen LogP contribution in [0.5, 0.6) is 0 Å². The van der Waals surface area contributed by atoms with Crippen molar-refractivity contribution in [1.82, 2.24) is 5.32 Å². The van der Waals surface area contributed by atoms with Gasteiger partial charge in [-0.3, -0.25) is 14.1 Å². The van der Waals surface area contributed by atoms with E-state index >= 15 is 0 Å². The Labute approximate surface area is 190 Å². The third kappa shape index (κ3) is 5.70. The van der Waals surface area contributed by atoms with Crippen LogP contribution in [0.25, 0.3) is 0 Å². The molecule has 12 heteroatoms. The number of ether oxygens (including phenoxy) is 1. The highest BCUT2D eigenvalue weighted by Crippen LogP contribution is 2.49. The number of hydrogen-bond donors (Lipinski definition) is 2. The van der Waals surface area contributed by atoms with Gasteiger partial charge in [0.2, 0.25) is 5.91 Å². The van der Waals surface area contributed by atoms with Gasteiger partial charge in [0.05, 0.1) is 5.92 Å². The predicted octanol–water partition coefficient (Wildman–Crippen LogP) is 3.86. The van der Waals surface area contributed by atoms with Crippen LogP contribution in [-0.2, 0) is 24.4 Å². The summed E-state index contributed by atoms with van der Waals surface area (Å²) < 4.78 is 94.0. The molecule has 0 aromatic rings. The van der Waals surface area contributed by atoms with E-state index < -0.39 is 57.5 Å². The van der Waals surface area contributed by atoms with Crippen LogP contribution in [-0.4, -0.2) is 54.1 Å². The minimum atomic E-state index is -6.49. The molecule has 1 aliphatic heterocycles. The molecule has 3 fully saturated rings. The molecular formula is C21H31F4NO6S. The fourth-order valence-corrected chi connectivity index (χ4v) is 5.69. The number of ketones is 1. The Kier molecular flexibility index (Phi) is 8.10. The summed E-state index contributed by atoms with van der Waals surface area (Å²) in [7, 11) is -6.49. The molecular weight excluding hydrogens is 470 g/mol. The molecule has 0 bridgehead atoms.